The molecule has 0 aromatic heterocycles. The number of rotatable bonds is 8. The van der Waals surface area contributed by atoms with Gasteiger partial charge in [-0.1, -0.05) is 0 Å². The second-order valence-corrected chi connectivity index (χ2v) is 6.13. The van der Waals surface area contributed by atoms with Crippen molar-refractivity contribution in [3.63, 3.8) is 0 Å². The van der Waals surface area contributed by atoms with Crippen LogP contribution in [0.1, 0.15) is 29.6 Å². The van der Waals surface area contributed by atoms with Gasteiger partial charge in [-0.15, -0.1) is 0 Å². The molecule has 142 valence electrons. The molecule has 7 nitrogen and oxygen atoms in total. The molecule has 0 amide bonds. The van der Waals surface area contributed by atoms with E-state index < -0.39 is 0 Å². The number of hydrogen-bond donors (Lipinski definition) is 0. The lowest BCUT2D eigenvalue weighted by Crippen LogP contribution is -2.07. The standard InChI is InChI=1S/C20H20O7/c21-20(14-4-6-16-18(10-14)26-12-24-16)23-9-3-1-2-8-22-15-5-7-17-19(11-15)27-13-25-17/h4-7,10-11H,1-3,8-9,12-13H2. The van der Waals surface area contributed by atoms with Gasteiger partial charge in [-0.2, -0.15) is 0 Å². The lowest BCUT2D eigenvalue weighted by molar-refractivity contribution is 0.0496. The Kier molecular flexibility index (Phi) is 5.18. The van der Waals surface area contributed by atoms with Gasteiger partial charge in [0.2, 0.25) is 13.6 Å². The Morgan fingerprint density at radius 1 is 0.778 bits per heavy atom. The average Bonchev–Trinajstić information content (AvgIpc) is 3.34. The minimum absolute atomic E-state index is 0.183. The van der Waals surface area contributed by atoms with Gasteiger partial charge in [0.05, 0.1) is 18.8 Å². The van der Waals surface area contributed by atoms with Crippen LogP contribution in [0, 0.1) is 0 Å². The van der Waals surface area contributed by atoms with E-state index in [1.807, 2.05) is 18.2 Å². The van der Waals surface area contributed by atoms with Crippen molar-refractivity contribution < 1.29 is 33.2 Å². The molecule has 4 rings (SSSR count). The van der Waals surface area contributed by atoms with Crippen molar-refractivity contribution in [1.82, 2.24) is 0 Å². The van der Waals surface area contributed by atoms with Crippen LogP contribution in [0.2, 0.25) is 0 Å². The van der Waals surface area contributed by atoms with Crippen molar-refractivity contribution in [2.45, 2.75) is 19.3 Å². The molecule has 0 saturated carbocycles. The molecule has 0 radical (unpaired) electrons. The summed E-state index contributed by atoms with van der Waals surface area (Å²) in [5.74, 6) is 3.08. The summed E-state index contributed by atoms with van der Waals surface area (Å²) < 4.78 is 32.1. The number of ether oxygens (including phenoxy) is 6. The van der Waals surface area contributed by atoms with E-state index in [4.69, 9.17) is 28.4 Å². The molecular weight excluding hydrogens is 352 g/mol. The number of esters is 1. The molecule has 0 N–H and O–H groups in total. The summed E-state index contributed by atoms with van der Waals surface area (Å²) in [6.07, 6.45) is 2.55. The Bertz CT molecular complexity index is 818. The monoisotopic (exact) mass is 372 g/mol. The summed E-state index contributed by atoms with van der Waals surface area (Å²) in [4.78, 5) is 12.0. The second kappa shape index (κ2) is 8.07. The lowest BCUT2D eigenvalue weighted by Gasteiger charge is -2.08. The molecule has 0 fully saturated rings. The number of benzene rings is 2. The summed E-state index contributed by atoms with van der Waals surface area (Å²) in [6, 6.07) is 10.6. The minimum Gasteiger partial charge on any atom is -0.493 e. The van der Waals surface area contributed by atoms with E-state index in [-0.39, 0.29) is 19.6 Å². The van der Waals surface area contributed by atoms with E-state index in [2.05, 4.69) is 0 Å². The zero-order valence-corrected chi connectivity index (χ0v) is 14.8. The number of fused-ring (bicyclic) bond motifs is 2. The van der Waals surface area contributed by atoms with Crippen LogP contribution >= 0.6 is 0 Å². The summed E-state index contributed by atoms with van der Waals surface area (Å²) in [7, 11) is 0. The van der Waals surface area contributed by atoms with Crippen LogP contribution in [0.4, 0.5) is 0 Å². The molecule has 27 heavy (non-hydrogen) atoms. The van der Waals surface area contributed by atoms with Gasteiger partial charge in [0.1, 0.15) is 5.75 Å². The Morgan fingerprint density at radius 3 is 2.26 bits per heavy atom. The maximum atomic E-state index is 12.0. The summed E-state index contributed by atoms with van der Waals surface area (Å²) in [6.45, 7) is 1.40. The first-order valence-corrected chi connectivity index (χ1v) is 8.89. The fraction of sp³-hybridized carbons (Fsp3) is 0.350. The molecule has 2 heterocycles. The third-order valence-corrected chi connectivity index (χ3v) is 4.24. The highest BCUT2D eigenvalue weighted by Crippen LogP contribution is 2.35. The van der Waals surface area contributed by atoms with Crippen molar-refractivity contribution in [2.75, 3.05) is 26.8 Å². The number of hydrogen-bond acceptors (Lipinski definition) is 7. The Hall–Kier alpha value is -3.09. The van der Waals surface area contributed by atoms with Crippen LogP contribution in [0.15, 0.2) is 36.4 Å². The molecule has 2 aliphatic rings. The highest BCUT2D eigenvalue weighted by Gasteiger charge is 2.17. The fourth-order valence-electron chi connectivity index (χ4n) is 2.81. The summed E-state index contributed by atoms with van der Waals surface area (Å²) in [5, 5.41) is 0. The first-order valence-electron chi connectivity index (χ1n) is 8.89. The molecule has 0 unspecified atom stereocenters. The van der Waals surface area contributed by atoms with Gasteiger partial charge in [-0.25, -0.2) is 4.79 Å². The molecule has 2 aliphatic heterocycles. The van der Waals surface area contributed by atoms with Crippen LogP contribution < -0.4 is 23.7 Å². The van der Waals surface area contributed by atoms with E-state index in [1.165, 1.54) is 0 Å². The minimum atomic E-state index is -0.357. The van der Waals surface area contributed by atoms with Gasteiger partial charge in [-0.05, 0) is 49.6 Å². The Balaban J connectivity index is 1.11. The first-order chi connectivity index (χ1) is 13.3. The predicted molar refractivity (Wildman–Crippen MR) is 94.8 cm³/mol. The maximum absolute atomic E-state index is 12.0. The van der Waals surface area contributed by atoms with Crippen LogP contribution in [0.5, 0.6) is 28.7 Å². The van der Waals surface area contributed by atoms with Crippen molar-refractivity contribution in [3.8, 4) is 28.7 Å². The lowest BCUT2D eigenvalue weighted by atomic mass is 10.2. The Labute approximate surface area is 156 Å². The van der Waals surface area contributed by atoms with Crippen molar-refractivity contribution >= 4 is 5.97 Å². The van der Waals surface area contributed by atoms with Gasteiger partial charge in [-0.3, -0.25) is 0 Å². The zero-order valence-electron chi connectivity index (χ0n) is 14.8. The van der Waals surface area contributed by atoms with Gasteiger partial charge in [0.15, 0.2) is 23.0 Å². The number of carbonyl (C=O) groups is 1. The smallest absolute Gasteiger partial charge is 0.338 e. The van der Waals surface area contributed by atoms with Crippen molar-refractivity contribution in [3.05, 3.63) is 42.0 Å². The largest absolute Gasteiger partial charge is 0.493 e. The molecule has 0 bridgehead atoms. The highest BCUT2D eigenvalue weighted by molar-refractivity contribution is 5.90. The van der Waals surface area contributed by atoms with E-state index in [0.717, 1.165) is 30.8 Å². The molecule has 2 aromatic rings. The highest BCUT2D eigenvalue weighted by atomic mass is 16.7. The van der Waals surface area contributed by atoms with Crippen molar-refractivity contribution in [1.29, 1.82) is 0 Å². The SMILES string of the molecule is O=C(OCCCCCOc1ccc2c(c1)OCO2)c1ccc2c(c1)OCO2. The first kappa shape index (κ1) is 17.3. The van der Waals surface area contributed by atoms with E-state index >= 15 is 0 Å². The average molecular weight is 372 g/mol. The van der Waals surface area contributed by atoms with Gasteiger partial charge >= 0.3 is 5.97 Å². The zero-order chi connectivity index (χ0) is 18.5. The fourth-order valence-corrected chi connectivity index (χ4v) is 2.81. The van der Waals surface area contributed by atoms with Gasteiger partial charge < -0.3 is 28.4 Å². The summed E-state index contributed by atoms with van der Waals surface area (Å²) in [5.41, 5.74) is 0.463. The molecule has 0 saturated heterocycles. The van der Waals surface area contributed by atoms with Crippen LogP contribution in [0.3, 0.4) is 0 Å². The molecule has 0 spiro atoms. The van der Waals surface area contributed by atoms with Crippen LogP contribution in [-0.2, 0) is 4.74 Å². The molecular formula is C20H20O7. The van der Waals surface area contributed by atoms with Gasteiger partial charge in [0, 0.05) is 6.07 Å². The van der Waals surface area contributed by atoms with Crippen LogP contribution in [-0.4, -0.2) is 32.8 Å². The van der Waals surface area contributed by atoms with E-state index in [1.54, 1.807) is 18.2 Å². The molecule has 2 aromatic carbocycles. The van der Waals surface area contributed by atoms with Crippen molar-refractivity contribution in [2.24, 2.45) is 0 Å². The maximum Gasteiger partial charge on any atom is 0.338 e. The number of unbranched alkanes of at least 4 members (excludes halogenated alkanes) is 2. The molecule has 0 aliphatic carbocycles. The molecule has 0 atom stereocenters. The third-order valence-electron chi connectivity index (χ3n) is 4.24. The normalized spacial score (nSPS) is 13.5. The third kappa shape index (κ3) is 4.19. The Morgan fingerprint density at radius 2 is 1.44 bits per heavy atom. The van der Waals surface area contributed by atoms with Gasteiger partial charge in [0.25, 0.3) is 0 Å². The number of carbonyl (C=O) groups excluding carboxylic acids is 1. The van der Waals surface area contributed by atoms with E-state index in [9.17, 15) is 4.79 Å². The predicted octanol–water partition coefficient (Wildman–Crippen LogP) is 3.55. The van der Waals surface area contributed by atoms with E-state index in [0.29, 0.717) is 36.0 Å². The topological polar surface area (TPSA) is 72.5 Å². The quantitative estimate of drug-likeness (QED) is 0.518. The second-order valence-electron chi connectivity index (χ2n) is 6.13. The summed E-state index contributed by atoms with van der Waals surface area (Å²) >= 11 is 0. The van der Waals surface area contributed by atoms with Crippen LogP contribution in [0.25, 0.3) is 0 Å². The molecule has 7 heteroatoms.